The monoisotopic (exact) mass is 340 g/mol. The first-order valence-corrected chi connectivity index (χ1v) is 7.55. The number of benzene rings is 1. The van der Waals surface area contributed by atoms with Crippen molar-refractivity contribution in [2.24, 2.45) is 0 Å². The summed E-state index contributed by atoms with van der Waals surface area (Å²) in [5.41, 5.74) is 1.10. The Hall–Kier alpha value is -2.92. The molecule has 0 unspecified atom stereocenters. The zero-order valence-corrected chi connectivity index (χ0v) is 13.3. The number of halogens is 1. The maximum absolute atomic E-state index is 12.0. The van der Waals surface area contributed by atoms with Crippen molar-refractivity contribution in [1.82, 2.24) is 9.97 Å². The van der Waals surface area contributed by atoms with Crippen molar-refractivity contribution in [3.8, 4) is 11.6 Å². The first-order valence-electron chi connectivity index (χ1n) is 7.17. The predicted molar refractivity (Wildman–Crippen MR) is 89.1 cm³/mol. The average molecular weight is 341 g/mol. The molecule has 0 amide bonds. The van der Waals surface area contributed by atoms with Crippen molar-refractivity contribution < 1.29 is 14.3 Å². The molecule has 3 rings (SSSR count). The van der Waals surface area contributed by atoms with E-state index in [2.05, 4.69) is 9.97 Å². The molecular weight excluding hydrogens is 328 g/mol. The van der Waals surface area contributed by atoms with Gasteiger partial charge in [0.2, 0.25) is 5.88 Å². The van der Waals surface area contributed by atoms with E-state index in [9.17, 15) is 4.79 Å². The van der Waals surface area contributed by atoms with E-state index in [1.165, 1.54) is 6.20 Å². The van der Waals surface area contributed by atoms with Crippen molar-refractivity contribution in [2.45, 2.75) is 6.61 Å². The minimum absolute atomic E-state index is 0.116. The Labute approximate surface area is 143 Å². The summed E-state index contributed by atoms with van der Waals surface area (Å²) in [6, 6.07) is 15.9. The van der Waals surface area contributed by atoms with Crippen molar-refractivity contribution in [3.05, 3.63) is 83.3 Å². The van der Waals surface area contributed by atoms with Crippen molar-refractivity contribution in [3.63, 3.8) is 0 Å². The highest BCUT2D eigenvalue weighted by molar-refractivity contribution is 6.29. The van der Waals surface area contributed by atoms with Crippen molar-refractivity contribution in [2.75, 3.05) is 0 Å². The lowest BCUT2D eigenvalue weighted by molar-refractivity contribution is 0.0472. The Morgan fingerprint density at radius 2 is 1.79 bits per heavy atom. The quantitative estimate of drug-likeness (QED) is 0.512. The summed E-state index contributed by atoms with van der Waals surface area (Å²) in [5.74, 6) is 0.610. The number of carbonyl (C=O) groups excluding carboxylic acids is 1. The maximum atomic E-state index is 12.0. The minimum Gasteiger partial charge on any atom is -0.457 e. The molecule has 0 saturated carbocycles. The molecule has 24 heavy (non-hydrogen) atoms. The summed E-state index contributed by atoms with van der Waals surface area (Å²) in [6.07, 6.45) is 2.98. The summed E-state index contributed by atoms with van der Waals surface area (Å²) >= 11 is 5.70. The van der Waals surface area contributed by atoms with E-state index in [0.29, 0.717) is 22.3 Å². The molecule has 0 atom stereocenters. The minimum atomic E-state index is -0.469. The Morgan fingerprint density at radius 3 is 2.46 bits per heavy atom. The van der Waals surface area contributed by atoms with Gasteiger partial charge in [0, 0.05) is 24.0 Å². The molecular formula is C18H13ClN2O3. The van der Waals surface area contributed by atoms with Gasteiger partial charge in [-0.05, 0) is 24.3 Å². The van der Waals surface area contributed by atoms with E-state index in [1.54, 1.807) is 30.5 Å². The van der Waals surface area contributed by atoms with Gasteiger partial charge in [0.25, 0.3) is 0 Å². The number of esters is 1. The van der Waals surface area contributed by atoms with E-state index < -0.39 is 5.97 Å². The van der Waals surface area contributed by atoms with Crippen molar-refractivity contribution in [1.29, 1.82) is 0 Å². The second kappa shape index (κ2) is 7.57. The Kier molecular flexibility index (Phi) is 5.03. The number of hydrogen-bond donors (Lipinski definition) is 0. The highest BCUT2D eigenvalue weighted by atomic mass is 35.5. The fraction of sp³-hybridized carbons (Fsp3) is 0.0556. The Morgan fingerprint density at radius 1 is 0.958 bits per heavy atom. The fourth-order valence-corrected chi connectivity index (χ4v) is 2.01. The van der Waals surface area contributed by atoms with Gasteiger partial charge in [-0.25, -0.2) is 14.8 Å². The molecule has 5 nitrogen and oxygen atoms in total. The van der Waals surface area contributed by atoms with Crippen LogP contribution in [0.15, 0.2) is 67.0 Å². The molecule has 0 radical (unpaired) electrons. The summed E-state index contributed by atoms with van der Waals surface area (Å²) in [7, 11) is 0. The predicted octanol–water partition coefficient (Wildman–Crippen LogP) is 4.28. The first kappa shape index (κ1) is 16.0. The molecule has 0 fully saturated rings. The highest BCUT2D eigenvalue weighted by Crippen LogP contribution is 2.18. The number of nitrogens with zero attached hydrogens (tertiary/aromatic N) is 2. The Bertz CT molecular complexity index is 806. The standard InChI is InChI=1S/C18H13ClN2O3/c19-16-8-6-13(10-20-16)12-23-18(22)14-7-9-17(21-11-14)24-15-4-2-1-3-5-15/h1-11H,12H2. The molecule has 6 heteroatoms. The highest BCUT2D eigenvalue weighted by Gasteiger charge is 2.09. The van der Waals surface area contributed by atoms with E-state index in [4.69, 9.17) is 21.1 Å². The van der Waals surface area contributed by atoms with Crippen LogP contribution < -0.4 is 4.74 Å². The SMILES string of the molecule is O=C(OCc1ccc(Cl)nc1)c1ccc(Oc2ccccc2)nc1. The molecule has 0 N–H and O–H groups in total. The summed E-state index contributed by atoms with van der Waals surface area (Å²) in [4.78, 5) is 20.0. The smallest absolute Gasteiger partial charge is 0.340 e. The van der Waals surface area contributed by atoms with Crippen LogP contribution in [0.4, 0.5) is 0 Å². The second-order valence-electron chi connectivity index (χ2n) is 4.87. The third-order valence-corrected chi connectivity index (χ3v) is 3.32. The van der Waals surface area contributed by atoms with Crippen LogP contribution in [0.2, 0.25) is 5.15 Å². The summed E-state index contributed by atoms with van der Waals surface area (Å²) in [6.45, 7) is 0.116. The molecule has 3 aromatic rings. The normalized spacial score (nSPS) is 10.2. The van der Waals surface area contributed by atoms with Crippen LogP contribution in [0.1, 0.15) is 15.9 Å². The third kappa shape index (κ3) is 4.30. The first-order chi connectivity index (χ1) is 11.7. The zero-order valence-electron chi connectivity index (χ0n) is 12.6. The molecule has 0 spiro atoms. The number of hydrogen-bond acceptors (Lipinski definition) is 5. The fourth-order valence-electron chi connectivity index (χ4n) is 1.89. The van der Waals surface area contributed by atoms with Gasteiger partial charge in [-0.1, -0.05) is 35.9 Å². The lowest BCUT2D eigenvalue weighted by Gasteiger charge is -2.06. The largest absolute Gasteiger partial charge is 0.457 e. The van der Waals surface area contributed by atoms with Gasteiger partial charge < -0.3 is 9.47 Å². The molecule has 2 heterocycles. The second-order valence-corrected chi connectivity index (χ2v) is 5.25. The lowest BCUT2D eigenvalue weighted by atomic mass is 10.3. The number of para-hydroxylation sites is 1. The number of rotatable bonds is 5. The number of ether oxygens (including phenoxy) is 2. The number of aromatic nitrogens is 2. The molecule has 120 valence electrons. The molecule has 0 aliphatic carbocycles. The summed E-state index contributed by atoms with van der Waals surface area (Å²) < 4.78 is 10.8. The van der Waals surface area contributed by atoms with E-state index in [0.717, 1.165) is 5.56 Å². The van der Waals surface area contributed by atoms with Crippen LogP contribution in [0.25, 0.3) is 0 Å². The average Bonchev–Trinajstić information content (AvgIpc) is 2.62. The summed E-state index contributed by atoms with van der Waals surface area (Å²) in [5, 5.41) is 0.392. The molecule has 0 aliphatic heterocycles. The van der Waals surface area contributed by atoms with Crippen LogP contribution >= 0.6 is 11.6 Å². The zero-order chi connectivity index (χ0) is 16.8. The van der Waals surface area contributed by atoms with Crippen LogP contribution in [-0.4, -0.2) is 15.9 Å². The van der Waals surface area contributed by atoms with Crippen LogP contribution in [-0.2, 0) is 11.3 Å². The lowest BCUT2D eigenvalue weighted by Crippen LogP contribution is -2.06. The molecule has 1 aromatic carbocycles. The van der Waals surface area contributed by atoms with E-state index >= 15 is 0 Å². The Balaban J connectivity index is 1.58. The maximum Gasteiger partial charge on any atom is 0.340 e. The van der Waals surface area contributed by atoms with Crippen LogP contribution in [0.5, 0.6) is 11.6 Å². The molecule has 0 bridgehead atoms. The number of pyridine rings is 2. The molecule has 0 aliphatic rings. The molecule has 2 aromatic heterocycles. The van der Waals surface area contributed by atoms with Gasteiger partial charge in [-0.3, -0.25) is 0 Å². The van der Waals surface area contributed by atoms with Gasteiger partial charge in [-0.2, -0.15) is 0 Å². The topological polar surface area (TPSA) is 61.3 Å². The van der Waals surface area contributed by atoms with Crippen LogP contribution in [0, 0.1) is 0 Å². The van der Waals surface area contributed by atoms with Gasteiger partial charge in [0.15, 0.2) is 0 Å². The van der Waals surface area contributed by atoms with Gasteiger partial charge in [0.05, 0.1) is 5.56 Å². The van der Waals surface area contributed by atoms with Gasteiger partial charge in [-0.15, -0.1) is 0 Å². The van der Waals surface area contributed by atoms with Gasteiger partial charge >= 0.3 is 5.97 Å². The van der Waals surface area contributed by atoms with Gasteiger partial charge in [0.1, 0.15) is 17.5 Å². The van der Waals surface area contributed by atoms with Crippen LogP contribution in [0.3, 0.4) is 0 Å². The third-order valence-electron chi connectivity index (χ3n) is 3.10. The number of carbonyl (C=O) groups is 1. The van der Waals surface area contributed by atoms with E-state index in [-0.39, 0.29) is 6.61 Å². The molecule has 0 saturated heterocycles. The van der Waals surface area contributed by atoms with Crippen molar-refractivity contribution >= 4 is 17.6 Å². The van der Waals surface area contributed by atoms with E-state index in [1.807, 2.05) is 30.3 Å².